The van der Waals surface area contributed by atoms with Gasteiger partial charge in [0.15, 0.2) is 5.96 Å². The van der Waals surface area contributed by atoms with Crippen LogP contribution in [0.3, 0.4) is 0 Å². The number of carbonyl (C=O) groups excluding carboxylic acids is 1. The van der Waals surface area contributed by atoms with E-state index in [1.54, 1.807) is 7.05 Å². The monoisotopic (exact) mass is 495 g/mol. The first-order valence-corrected chi connectivity index (χ1v) is 10.3. The van der Waals surface area contributed by atoms with Crippen LogP contribution in [0.15, 0.2) is 4.99 Å². The second-order valence-electron chi connectivity index (χ2n) is 7.38. The van der Waals surface area contributed by atoms with Gasteiger partial charge in [0.2, 0.25) is 0 Å². The molecule has 8 heteroatoms. The average Bonchev–Trinajstić information content (AvgIpc) is 3.48. The Bertz CT molecular complexity index is 451. The van der Waals surface area contributed by atoms with E-state index >= 15 is 0 Å². The van der Waals surface area contributed by atoms with Gasteiger partial charge in [0, 0.05) is 32.7 Å². The first kappa shape index (κ1) is 24.3. The van der Waals surface area contributed by atoms with Crippen molar-refractivity contribution in [3.63, 3.8) is 0 Å². The smallest absolute Gasteiger partial charge is 0.407 e. The molecule has 7 nitrogen and oxygen atoms in total. The zero-order valence-electron chi connectivity index (χ0n) is 17.1. The predicted molar refractivity (Wildman–Crippen MR) is 121 cm³/mol. The number of guanidine groups is 1. The Labute approximate surface area is 181 Å². The number of piperidine rings is 1. The summed E-state index contributed by atoms with van der Waals surface area (Å²) in [6.07, 6.45) is 6.86. The van der Waals surface area contributed by atoms with Gasteiger partial charge in [0.25, 0.3) is 0 Å². The van der Waals surface area contributed by atoms with Crippen LogP contribution in [0.25, 0.3) is 0 Å². The molecule has 1 aliphatic carbocycles. The second kappa shape index (κ2) is 13.4. The number of hydrogen-bond acceptors (Lipinski definition) is 4. The third kappa shape index (κ3) is 9.32. The summed E-state index contributed by atoms with van der Waals surface area (Å²) in [7, 11) is 1.80. The van der Waals surface area contributed by atoms with Crippen molar-refractivity contribution in [1.29, 1.82) is 0 Å². The van der Waals surface area contributed by atoms with Crippen molar-refractivity contribution in [2.45, 2.75) is 64.5 Å². The molecule has 0 aromatic rings. The van der Waals surface area contributed by atoms with Crippen LogP contribution < -0.4 is 16.0 Å². The lowest BCUT2D eigenvalue weighted by molar-refractivity contribution is 0.146. The summed E-state index contributed by atoms with van der Waals surface area (Å²) >= 11 is 0. The molecule has 1 heterocycles. The van der Waals surface area contributed by atoms with Gasteiger partial charge in [-0.3, -0.25) is 4.99 Å². The lowest BCUT2D eigenvalue weighted by Gasteiger charge is -2.33. The fourth-order valence-electron chi connectivity index (χ4n) is 3.44. The number of hydrogen-bond donors (Lipinski definition) is 3. The minimum Gasteiger partial charge on any atom is -0.450 e. The number of ether oxygens (including phenoxy) is 1. The van der Waals surface area contributed by atoms with E-state index in [9.17, 15) is 4.79 Å². The quantitative estimate of drug-likeness (QED) is 0.261. The van der Waals surface area contributed by atoms with E-state index in [1.165, 1.54) is 32.2 Å². The van der Waals surface area contributed by atoms with Gasteiger partial charge in [0.05, 0.1) is 12.6 Å². The molecule has 0 aromatic heterocycles. The number of aliphatic imine (C=N–C) groups is 1. The minimum atomic E-state index is -0.325. The van der Waals surface area contributed by atoms with E-state index in [4.69, 9.17) is 4.74 Å². The summed E-state index contributed by atoms with van der Waals surface area (Å²) in [6.45, 7) is 8.68. The number of carbonyl (C=O) groups is 1. The van der Waals surface area contributed by atoms with Gasteiger partial charge in [-0.05, 0) is 51.5 Å². The molecule has 158 valence electrons. The van der Waals surface area contributed by atoms with Crippen LogP contribution in [-0.4, -0.2) is 68.9 Å². The van der Waals surface area contributed by atoms with E-state index in [2.05, 4.69) is 32.8 Å². The lowest BCUT2D eigenvalue weighted by atomic mass is 10.0. The molecule has 2 rings (SSSR count). The highest BCUT2D eigenvalue weighted by Crippen LogP contribution is 2.32. The molecule has 1 amide bonds. The van der Waals surface area contributed by atoms with Crippen molar-refractivity contribution < 1.29 is 9.53 Å². The molecular weight excluding hydrogens is 457 g/mol. The van der Waals surface area contributed by atoms with Gasteiger partial charge in [-0.15, -0.1) is 24.0 Å². The summed E-state index contributed by atoms with van der Waals surface area (Å²) < 4.78 is 5.01. The Hall–Kier alpha value is -0.770. The normalized spacial score (nSPS) is 19.7. The van der Waals surface area contributed by atoms with E-state index in [0.29, 0.717) is 25.1 Å². The molecule has 2 fully saturated rings. The Morgan fingerprint density at radius 1 is 1.22 bits per heavy atom. The van der Waals surface area contributed by atoms with Crippen LogP contribution in [0.1, 0.15) is 52.4 Å². The zero-order valence-corrected chi connectivity index (χ0v) is 19.5. The molecule has 0 radical (unpaired) electrons. The number of amides is 1. The topological polar surface area (TPSA) is 78.0 Å². The van der Waals surface area contributed by atoms with E-state index < -0.39 is 0 Å². The molecule has 1 saturated carbocycles. The van der Waals surface area contributed by atoms with Crippen LogP contribution >= 0.6 is 24.0 Å². The van der Waals surface area contributed by atoms with Gasteiger partial charge >= 0.3 is 6.09 Å². The first-order chi connectivity index (χ1) is 12.7. The SMILES string of the molecule is CCCCN1CCC(NC(=NC)NCC(NC(=O)OCC)C2CC2)CC1.I. The number of halogens is 1. The number of rotatable bonds is 9. The van der Waals surface area contributed by atoms with E-state index in [1.807, 2.05) is 6.92 Å². The van der Waals surface area contributed by atoms with Gasteiger partial charge in [-0.2, -0.15) is 0 Å². The van der Waals surface area contributed by atoms with Crippen molar-refractivity contribution >= 4 is 36.0 Å². The Morgan fingerprint density at radius 2 is 1.93 bits per heavy atom. The van der Waals surface area contributed by atoms with Crippen molar-refractivity contribution in [2.75, 3.05) is 39.8 Å². The molecule has 0 aromatic carbocycles. The van der Waals surface area contributed by atoms with Crippen molar-refractivity contribution in [3.05, 3.63) is 0 Å². The minimum absolute atomic E-state index is 0. The average molecular weight is 495 g/mol. The maximum atomic E-state index is 11.7. The molecule has 27 heavy (non-hydrogen) atoms. The number of nitrogens with zero attached hydrogens (tertiary/aromatic N) is 2. The molecule has 1 saturated heterocycles. The fraction of sp³-hybridized carbons (Fsp3) is 0.895. The highest BCUT2D eigenvalue weighted by Gasteiger charge is 2.32. The predicted octanol–water partition coefficient (Wildman–Crippen LogP) is 2.56. The molecular formula is C19H38IN5O2. The molecule has 1 aliphatic heterocycles. The Kier molecular flexibility index (Phi) is 12.1. The molecule has 1 unspecified atom stereocenters. The lowest BCUT2D eigenvalue weighted by Crippen LogP contribution is -2.52. The molecule has 0 bridgehead atoms. The fourth-order valence-corrected chi connectivity index (χ4v) is 3.44. The van der Waals surface area contributed by atoms with Crippen LogP contribution in [-0.2, 0) is 4.74 Å². The van der Waals surface area contributed by atoms with Crippen LogP contribution in [0, 0.1) is 5.92 Å². The number of likely N-dealkylation sites (tertiary alicyclic amines) is 1. The molecule has 1 atom stereocenters. The third-order valence-electron chi connectivity index (χ3n) is 5.24. The zero-order chi connectivity index (χ0) is 18.8. The number of alkyl carbamates (subject to hydrolysis) is 1. The van der Waals surface area contributed by atoms with Crippen molar-refractivity contribution in [3.8, 4) is 0 Å². The number of unbranched alkanes of at least 4 members (excludes halogenated alkanes) is 1. The maximum Gasteiger partial charge on any atom is 0.407 e. The Balaban J connectivity index is 0.00000364. The van der Waals surface area contributed by atoms with Crippen molar-refractivity contribution in [1.82, 2.24) is 20.9 Å². The largest absolute Gasteiger partial charge is 0.450 e. The number of nitrogens with one attached hydrogen (secondary N) is 3. The van der Waals surface area contributed by atoms with Crippen LogP contribution in [0.5, 0.6) is 0 Å². The Morgan fingerprint density at radius 3 is 2.48 bits per heavy atom. The molecule has 3 N–H and O–H groups in total. The van der Waals surface area contributed by atoms with Gasteiger partial charge in [0.1, 0.15) is 0 Å². The molecule has 2 aliphatic rings. The second-order valence-corrected chi connectivity index (χ2v) is 7.38. The van der Waals surface area contributed by atoms with Gasteiger partial charge in [-0.25, -0.2) is 4.79 Å². The van der Waals surface area contributed by atoms with Gasteiger partial charge < -0.3 is 25.6 Å². The highest BCUT2D eigenvalue weighted by molar-refractivity contribution is 14.0. The van der Waals surface area contributed by atoms with Crippen molar-refractivity contribution in [2.24, 2.45) is 10.9 Å². The summed E-state index contributed by atoms with van der Waals surface area (Å²) in [5, 5.41) is 9.91. The van der Waals surface area contributed by atoms with Crippen LogP contribution in [0.4, 0.5) is 4.79 Å². The first-order valence-electron chi connectivity index (χ1n) is 10.3. The van der Waals surface area contributed by atoms with Gasteiger partial charge in [-0.1, -0.05) is 13.3 Å². The van der Waals surface area contributed by atoms with E-state index in [-0.39, 0.29) is 36.1 Å². The standard InChI is InChI=1S/C19H37N5O2.HI/c1-4-6-11-24-12-9-16(10-13-24)22-18(20-3)21-14-17(15-7-8-15)23-19(25)26-5-2;/h15-17H,4-14H2,1-3H3,(H,23,25)(H2,20,21,22);1H. The summed E-state index contributed by atoms with van der Waals surface area (Å²) in [6, 6.07) is 0.569. The molecule has 0 spiro atoms. The van der Waals surface area contributed by atoms with Crippen LogP contribution in [0.2, 0.25) is 0 Å². The third-order valence-corrected chi connectivity index (χ3v) is 5.24. The highest BCUT2D eigenvalue weighted by atomic mass is 127. The maximum absolute atomic E-state index is 11.7. The summed E-state index contributed by atoms with van der Waals surface area (Å²) in [5.74, 6) is 1.38. The summed E-state index contributed by atoms with van der Waals surface area (Å²) in [5.41, 5.74) is 0. The summed E-state index contributed by atoms with van der Waals surface area (Å²) in [4.78, 5) is 18.6. The van der Waals surface area contributed by atoms with E-state index in [0.717, 1.165) is 31.9 Å².